The third-order valence-corrected chi connectivity index (χ3v) is 4.18. The molecule has 1 aliphatic rings. The van der Waals surface area contributed by atoms with Gasteiger partial charge in [-0.2, -0.15) is 0 Å². The standard InChI is InChI=1S/C12H19N3O4S/c16-7-10-13-14-12(20-8-11(17)18)15(10)5-6-19-9-3-1-2-4-9/h9,16H,1-8H2,(H,17,18). The Labute approximate surface area is 121 Å². The molecule has 0 unspecified atom stereocenters. The van der Waals surface area contributed by atoms with Crippen LogP contribution >= 0.6 is 11.8 Å². The maximum Gasteiger partial charge on any atom is 0.313 e. The number of nitrogens with zero attached hydrogens (tertiary/aromatic N) is 3. The Hall–Kier alpha value is -1.12. The van der Waals surface area contributed by atoms with Crippen molar-refractivity contribution in [1.82, 2.24) is 14.8 Å². The highest BCUT2D eigenvalue weighted by atomic mass is 32.2. The van der Waals surface area contributed by atoms with E-state index in [4.69, 9.17) is 9.84 Å². The van der Waals surface area contributed by atoms with Gasteiger partial charge in [0, 0.05) is 6.54 Å². The van der Waals surface area contributed by atoms with E-state index in [1.165, 1.54) is 12.8 Å². The van der Waals surface area contributed by atoms with Crippen molar-refractivity contribution in [2.45, 2.75) is 50.1 Å². The highest BCUT2D eigenvalue weighted by Gasteiger charge is 2.17. The van der Waals surface area contributed by atoms with Gasteiger partial charge in [-0.1, -0.05) is 24.6 Å². The Morgan fingerprint density at radius 3 is 2.80 bits per heavy atom. The summed E-state index contributed by atoms with van der Waals surface area (Å²) in [6.07, 6.45) is 4.99. The minimum absolute atomic E-state index is 0.0763. The predicted octanol–water partition coefficient (Wildman–Crippen LogP) is 0.906. The fraction of sp³-hybridized carbons (Fsp3) is 0.750. The molecule has 0 bridgehead atoms. The van der Waals surface area contributed by atoms with Crippen molar-refractivity contribution in [3.63, 3.8) is 0 Å². The zero-order valence-corrected chi connectivity index (χ0v) is 12.0. The number of hydrogen-bond acceptors (Lipinski definition) is 6. The number of rotatable bonds is 8. The predicted molar refractivity (Wildman–Crippen MR) is 72.5 cm³/mol. The molecule has 1 saturated carbocycles. The quantitative estimate of drug-likeness (QED) is 0.689. The second kappa shape index (κ2) is 7.61. The Morgan fingerprint density at radius 2 is 2.15 bits per heavy atom. The summed E-state index contributed by atoms with van der Waals surface area (Å²) in [5.41, 5.74) is 0. The number of carboxylic acid groups (broad SMARTS) is 1. The van der Waals surface area contributed by atoms with Gasteiger partial charge in [-0.15, -0.1) is 10.2 Å². The van der Waals surface area contributed by atoms with Gasteiger partial charge in [-0.3, -0.25) is 4.79 Å². The first-order valence-corrected chi connectivity index (χ1v) is 7.68. The molecule has 7 nitrogen and oxygen atoms in total. The van der Waals surface area contributed by atoms with Crippen molar-refractivity contribution >= 4 is 17.7 Å². The molecule has 1 heterocycles. The molecular formula is C12H19N3O4S. The van der Waals surface area contributed by atoms with Crippen LogP contribution in [0, 0.1) is 0 Å². The largest absolute Gasteiger partial charge is 0.481 e. The third kappa shape index (κ3) is 4.19. The molecule has 1 aromatic rings. The van der Waals surface area contributed by atoms with Crippen molar-refractivity contribution in [1.29, 1.82) is 0 Å². The molecule has 0 spiro atoms. The monoisotopic (exact) mass is 301 g/mol. The second-order valence-electron chi connectivity index (χ2n) is 4.67. The smallest absolute Gasteiger partial charge is 0.313 e. The molecule has 8 heteroatoms. The van der Waals surface area contributed by atoms with Crippen LogP contribution in [0.3, 0.4) is 0 Å². The van der Waals surface area contributed by atoms with E-state index in [2.05, 4.69) is 10.2 Å². The lowest BCUT2D eigenvalue weighted by molar-refractivity contribution is -0.133. The van der Waals surface area contributed by atoms with Crippen LogP contribution in [-0.2, 0) is 22.7 Å². The number of hydrogen-bond donors (Lipinski definition) is 2. The van der Waals surface area contributed by atoms with Gasteiger partial charge in [-0.25, -0.2) is 0 Å². The Morgan fingerprint density at radius 1 is 1.40 bits per heavy atom. The van der Waals surface area contributed by atoms with Crippen LogP contribution in [0.15, 0.2) is 5.16 Å². The molecule has 0 aromatic carbocycles. The van der Waals surface area contributed by atoms with Crippen LogP contribution in [0.1, 0.15) is 31.5 Å². The molecule has 1 aromatic heterocycles. The molecule has 0 atom stereocenters. The molecule has 0 saturated heterocycles. The molecular weight excluding hydrogens is 282 g/mol. The Kier molecular flexibility index (Phi) is 5.81. The molecule has 2 rings (SSSR count). The maximum absolute atomic E-state index is 10.6. The summed E-state index contributed by atoms with van der Waals surface area (Å²) in [6.45, 7) is 0.835. The van der Waals surface area contributed by atoms with E-state index in [1.54, 1.807) is 4.57 Å². The molecule has 112 valence electrons. The zero-order chi connectivity index (χ0) is 14.4. The molecule has 0 aliphatic heterocycles. The molecule has 0 amide bonds. The van der Waals surface area contributed by atoms with Gasteiger partial charge >= 0.3 is 5.97 Å². The van der Waals surface area contributed by atoms with E-state index in [1.807, 2.05) is 0 Å². The van der Waals surface area contributed by atoms with Crippen LogP contribution in [0.2, 0.25) is 0 Å². The molecule has 0 radical (unpaired) electrons. The lowest BCUT2D eigenvalue weighted by Crippen LogP contribution is -2.15. The fourth-order valence-corrected chi connectivity index (χ4v) is 2.96. The average Bonchev–Trinajstić information content (AvgIpc) is 3.06. The highest BCUT2D eigenvalue weighted by Crippen LogP contribution is 2.21. The maximum atomic E-state index is 10.6. The minimum Gasteiger partial charge on any atom is -0.481 e. The summed E-state index contributed by atoms with van der Waals surface area (Å²) in [7, 11) is 0. The average molecular weight is 301 g/mol. The van der Waals surface area contributed by atoms with Gasteiger partial charge in [0.15, 0.2) is 11.0 Å². The van der Waals surface area contributed by atoms with Crippen LogP contribution < -0.4 is 0 Å². The van der Waals surface area contributed by atoms with Crippen LogP contribution in [0.5, 0.6) is 0 Å². The zero-order valence-electron chi connectivity index (χ0n) is 11.2. The van der Waals surface area contributed by atoms with Crippen molar-refractivity contribution in [2.24, 2.45) is 0 Å². The van der Waals surface area contributed by atoms with E-state index >= 15 is 0 Å². The van der Waals surface area contributed by atoms with Crippen LogP contribution in [-0.4, -0.2) is 49.4 Å². The third-order valence-electron chi connectivity index (χ3n) is 3.23. The van der Waals surface area contributed by atoms with E-state index < -0.39 is 5.97 Å². The normalized spacial score (nSPS) is 15.8. The fourth-order valence-electron chi connectivity index (χ4n) is 2.26. The minimum atomic E-state index is -0.905. The van der Waals surface area contributed by atoms with Crippen molar-refractivity contribution < 1.29 is 19.7 Å². The van der Waals surface area contributed by atoms with Crippen LogP contribution in [0.4, 0.5) is 0 Å². The number of carbonyl (C=O) groups is 1. The summed E-state index contributed by atoms with van der Waals surface area (Å²) in [6, 6.07) is 0. The van der Waals surface area contributed by atoms with E-state index in [0.29, 0.717) is 30.2 Å². The second-order valence-corrected chi connectivity index (χ2v) is 5.61. The number of aliphatic hydroxyl groups is 1. The van der Waals surface area contributed by atoms with Gasteiger partial charge in [0.25, 0.3) is 0 Å². The van der Waals surface area contributed by atoms with Crippen molar-refractivity contribution in [3.8, 4) is 0 Å². The lowest BCUT2D eigenvalue weighted by Gasteiger charge is -2.13. The van der Waals surface area contributed by atoms with Crippen molar-refractivity contribution in [2.75, 3.05) is 12.4 Å². The van der Waals surface area contributed by atoms with Crippen molar-refractivity contribution in [3.05, 3.63) is 5.82 Å². The SMILES string of the molecule is O=C(O)CSc1nnc(CO)n1CCOC1CCCC1. The van der Waals surface area contributed by atoms with Gasteiger partial charge in [0.2, 0.25) is 0 Å². The summed E-state index contributed by atoms with van der Waals surface area (Å²) in [5, 5.41) is 26.2. The first kappa shape index (κ1) is 15.3. The van der Waals surface area contributed by atoms with E-state index in [9.17, 15) is 9.90 Å². The van der Waals surface area contributed by atoms with Gasteiger partial charge in [0.05, 0.1) is 18.5 Å². The number of aromatic nitrogens is 3. The number of thioether (sulfide) groups is 1. The number of ether oxygens (including phenoxy) is 1. The Bertz CT molecular complexity index is 446. The number of aliphatic carboxylic acids is 1. The first-order chi connectivity index (χ1) is 9.70. The molecule has 20 heavy (non-hydrogen) atoms. The highest BCUT2D eigenvalue weighted by molar-refractivity contribution is 7.99. The lowest BCUT2D eigenvalue weighted by atomic mass is 10.3. The van der Waals surface area contributed by atoms with E-state index in [-0.39, 0.29) is 12.4 Å². The number of carboxylic acids is 1. The van der Waals surface area contributed by atoms with Gasteiger partial charge < -0.3 is 19.5 Å². The first-order valence-electron chi connectivity index (χ1n) is 6.70. The molecule has 1 aliphatic carbocycles. The van der Waals surface area contributed by atoms with Gasteiger partial charge in [0.1, 0.15) is 6.61 Å². The molecule has 2 N–H and O–H groups in total. The summed E-state index contributed by atoms with van der Waals surface area (Å²) in [4.78, 5) is 10.6. The topological polar surface area (TPSA) is 97.5 Å². The number of aliphatic hydroxyl groups excluding tert-OH is 1. The summed E-state index contributed by atoms with van der Waals surface area (Å²) in [5.74, 6) is -0.544. The van der Waals surface area contributed by atoms with E-state index in [0.717, 1.165) is 24.6 Å². The van der Waals surface area contributed by atoms with Crippen LogP contribution in [0.25, 0.3) is 0 Å². The molecule has 1 fully saturated rings. The summed E-state index contributed by atoms with van der Waals surface area (Å²) >= 11 is 1.10. The summed E-state index contributed by atoms with van der Waals surface area (Å²) < 4.78 is 7.50. The van der Waals surface area contributed by atoms with Gasteiger partial charge in [-0.05, 0) is 12.8 Å². The Balaban J connectivity index is 1.89.